The molecule has 1 aromatic carbocycles. The summed E-state index contributed by atoms with van der Waals surface area (Å²) >= 11 is 0. The maximum atomic E-state index is 13.2. The fraction of sp³-hybridized carbons (Fsp3) is 0.400. The molecule has 0 aliphatic heterocycles. The van der Waals surface area contributed by atoms with E-state index in [2.05, 4.69) is 5.32 Å². The van der Waals surface area contributed by atoms with E-state index < -0.39 is 22.2 Å². The van der Waals surface area contributed by atoms with Gasteiger partial charge in [-0.2, -0.15) is 4.39 Å². The van der Waals surface area contributed by atoms with Crippen LogP contribution >= 0.6 is 0 Å². The number of hydrogen-bond acceptors (Lipinski definition) is 3. The summed E-state index contributed by atoms with van der Waals surface area (Å²) in [6.45, 7) is 3.84. The Morgan fingerprint density at radius 1 is 1.38 bits per heavy atom. The first-order valence-corrected chi connectivity index (χ1v) is 4.77. The van der Waals surface area contributed by atoms with Gasteiger partial charge in [0.15, 0.2) is 0 Å². The van der Waals surface area contributed by atoms with Crippen molar-refractivity contribution in [3.8, 4) is 0 Å². The van der Waals surface area contributed by atoms with Crippen LogP contribution in [0.25, 0.3) is 0 Å². The Morgan fingerprint density at radius 3 is 2.50 bits per heavy atom. The number of rotatable bonds is 4. The van der Waals surface area contributed by atoms with Crippen LogP contribution in [0.3, 0.4) is 0 Å². The topological polar surface area (TPSA) is 55.2 Å². The predicted molar refractivity (Wildman–Crippen MR) is 55.0 cm³/mol. The summed E-state index contributed by atoms with van der Waals surface area (Å²) in [5.74, 6) is -1.94. The summed E-state index contributed by atoms with van der Waals surface area (Å²) in [5.41, 5.74) is -0.622. The van der Waals surface area contributed by atoms with E-state index in [1.165, 1.54) is 0 Å². The zero-order valence-electron chi connectivity index (χ0n) is 8.96. The van der Waals surface area contributed by atoms with Crippen molar-refractivity contribution in [3.05, 3.63) is 39.4 Å². The minimum atomic E-state index is -1.16. The van der Waals surface area contributed by atoms with Gasteiger partial charge in [-0.05, 0) is 0 Å². The number of hydrogen-bond donors (Lipinski definition) is 1. The summed E-state index contributed by atoms with van der Waals surface area (Å²) in [4.78, 5) is 9.58. The van der Waals surface area contributed by atoms with E-state index in [0.29, 0.717) is 6.07 Å². The molecule has 0 amide bonds. The summed E-state index contributed by atoms with van der Waals surface area (Å²) in [6.07, 6.45) is 0. The first-order valence-electron chi connectivity index (χ1n) is 4.77. The van der Waals surface area contributed by atoms with Crippen molar-refractivity contribution in [1.82, 2.24) is 5.32 Å². The molecule has 0 radical (unpaired) electrons. The average molecular weight is 230 g/mol. The van der Waals surface area contributed by atoms with Crippen molar-refractivity contribution in [2.24, 2.45) is 0 Å². The molecule has 0 saturated heterocycles. The number of nitrogens with zero attached hydrogens (tertiary/aromatic N) is 1. The summed E-state index contributed by atoms with van der Waals surface area (Å²) in [5, 5.41) is 13.3. The maximum Gasteiger partial charge on any atom is 0.305 e. The molecule has 0 atom stereocenters. The fourth-order valence-corrected chi connectivity index (χ4v) is 1.17. The largest absolute Gasteiger partial charge is 0.310 e. The molecule has 0 fully saturated rings. The number of nitrogens with one attached hydrogen (secondary N) is 1. The van der Waals surface area contributed by atoms with Crippen molar-refractivity contribution in [2.75, 3.05) is 0 Å². The second kappa shape index (κ2) is 4.98. The van der Waals surface area contributed by atoms with Crippen molar-refractivity contribution in [3.63, 3.8) is 0 Å². The van der Waals surface area contributed by atoms with E-state index in [1.807, 2.05) is 13.8 Å². The van der Waals surface area contributed by atoms with Crippen LogP contribution in [-0.4, -0.2) is 11.0 Å². The lowest BCUT2D eigenvalue weighted by Crippen LogP contribution is -2.22. The third-order valence-corrected chi connectivity index (χ3v) is 2.01. The summed E-state index contributed by atoms with van der Waals surface area (Å²) < 4.78 is 26.2. The predicted octanol–water partition coefficient (Wildman–Crippen LogP) is 2.37. The molecule has 0 unspecified atom stereocenters. The molecule has 0 aromatic heterocycles. The molecule has 0 saturated carbocycles. The molecular formula is C10H12F2N2O2. The zero-order chi connectivity index (χ0) is 12.3. The van der Waals surface area contributed by atoms with Crippen molar-refractivity contribution in [2.45, 2.75) is 26.4 Å². The second-order valence-electron chi connectivity index (χ2n) is 3.69. The second-order valence-corrected chi connectivity index (χ2v) is 3.69. The normalized spacial score (nSPS) is 10.8. The van der Waals surface area contributed by atoms with E-state index in [9.17, 15) is 18.9 Å². The van der Waals surface area contributed by atoms with Gasteiger partial charge < -0.3 is 5.32 Å². The molecule has 0 heterocycles. The van der Waals surface area contributed by atoms with Gasteiger partial charge in [-0.3, -0.25) is 10.1 Å². The smallest absolute Gasteiger partial charge is 0.305 e. The van der Waals surface area contributed by atoms with Gasteiger partial charge in [-0.25, -0.2) is 4.39 Å². The third-order valence-electron chi connectivity index (χ3n) is 2.01. The number of nitro benzene ring substituents is 1. The Morgan fingerprint density at radius 2 is 2.00 bits per heavy atom. The highest BCUT2D eigenvalue weighted by atomic mass is 19.1. The van der Waals surface area contributed by atoms with Gasteiger partial charge in [-0.1, -0.05) is 13.8 Å². The van der Waals surface area contributed by atoms with Crippen LogP contribution < -0.4 is 5.32 Å². The quantitative estimate of drug-likeness (QED) is 0.638. The fourth-order valence-electron chi connectivity index (χ4n) is 1.17. The molecule has 4 nitrogen and oxygen atoms in total. The van der Waals surface area contributed by atoms with E-state index in [-0.39, 0.29) is 18.2 Å². The Balaban J connectivity index is 3.00. The zero-order valence-corrected chi connectivity index (χ0v) is 8.96. The summed E-state index contributed by atoms with van der Waals surface area (Å²) in [7, 11) is 0. The number of nitro groups is 1. The SMILES string of the molecule is CC(C)NCc1cc([N+](=O)[O-])c(F)cc1F. The lowest BCUT2D eigenvalue weighted by atomic mass is 10.1. The monoisotopic (exact) mass is 230 g/mol. The average Bonchev–Trinajstić information content (AvgIpc) is 2.15. The lowest BCUT2D eigenvalue weighted by Gasteiger charge is -2.08. The van der Waals surface area contributed by atoms with E-state index in [0.717, 1.165) is 6.07 Å². The molecule has 88 valence electrons. The Labute approximate surface area is 91.4 Å². The van der Waals surface area contributed by atoms with Crippen LogP contribution in [0.1, 0.15) is 19.4 Å². The summed E-state index contributed by atoms with van der Waals surface area (Å²) in [6, 6.07) is 1.57. The maximum absolute atomic E-state index is 13.2. The van der Waals surface area contributed by atoms with Gasteiger partial charge in [0.2, 0.25) is 5.82 Å². The van der Waals surface area contributed by atoms with Crippen LogP contribution in [0.15, 0.2) is 12.1 Å². The highest BCUT2D eigenvalue weighted by Gasteiger charge is 2.18. The Kier molecular flexibility index (Phi) is 3.89. The van der Waals surface area contributed by atoms with Crippen molar-refractivity contribution >= 4 is 5.69 Å². The minimum Gasteiger partial charge on any atom is -0.310 e. The molecule has 6 heteroatoms. The van der Waals surface area contributed by atoms with E-state index >= 15 is 0 Å². The lowest BCUT2D eigenvalue weighted by molar-refractivity contribution is -0.387. The van der Waals surface area contributed by atoms with Gasteiger partial charge in [0, 0.05) is 30.3 Å². The van der Waals surface area contributed by atoms with Crippen LogP contribution in [0.5, 0.6) is 0 Å². The molecular weight excluding hydrogens is 218 g/mol. The van der Waals surface area contributed by atoms with Gasteiger partial charge >= 0.3 is 5.69 Å². The highest BCUT2D eigenvalue weighted by molar-refractivity contribution is 5.37. The molecule has 0 bridgehead atoms. The first kappa shape index (κ1) is 12.5. The molecule has 0 aliphatic rings. The molecule has 0 spiro atoms. The standard InChI is InChI=1S/C10H12F2N2O2/c1-6(2)13-5-7-3-10(14(15)16)9(12)4-8(7)11/h3-4,6,13H,5H2,1-2H3. The van der Waals surface area contributed by atoms with E-state index in [1.54, 1.807) is 0 Å². The molecule has 16 heavy (non-hydrogen) atoms. The Bertz CT molecular complexity index is 408. The van der Waals surface area contributed by atoms with Crippen LogP contribution in [-0.2, 0) is 6.54 Å². The molecule has 1 aromatic rings. The minimum absolute atomic E-state index is 0.0850. The molecule has 1 N–H and O–H groups in total. The first-order chi connectivity index (χ1) is 7.41. The van der Waals surface area contributed by atoms with Gasteiger partial charge in [0.05, 0.1) is 4.92 Å². The number of benzene rings is 1. The van der Waals surface area contributed by atoms with Gasteiger partial charge in [0.1, 0.15) is 5.82 Å². The van der Waals surface area contributed by atoms with Crippen LogP contribution in [0, 0.1) is 21.7 Å². The van der Waals surface area contributed by atoms with Crippen LogP contribution in [0.2, 0.25) is 0 Å². The molecule has 0 aliphatic carbocycles. The Hall–Kier alpha value is -1.56. The van der Waals surface area contributed by atoms with Crippen molar-refractivity contribution < 1.29 is 13.7 Å². The van der Waals surface area contributed by atoms with Crippen molar-refractivity contribution in [1.29, 1.82) is 0 Å². The van der Waals surface area contributed by atoms with E-state index in [4.69, 9.17) is 0 Å². The van der Waals surface area contributed by atoms with Crippen LogP contribution in [0.4, 0.5) is 14.5 Å². The molecule has 1 rings (SSSR count). The number of halogens is 2. The van der Waals surface area contributed by atoms with Gasteiger partial charge in [-0.15, -0.1) is 0 Å². The van der Waals surface area contributed by atoms with Gasteiger partial charge in [0.25, 0.3) is 0 Å². The highest BCUT2D eigenvalue weighted by Crippen LogP contribution is 2.21. The third kappa shape index (κ3) is 2.96.